The molecule has 106 valence electrons. The van der Waals surface area contributed by atoms with Crippen molar-refractivity contribution in [2.75, 3.05) is 13.1 Å². The summed E-state index contributed by atoms with van der Waals surface area (Å²) in [5.41, 5.74) is 6.96. The van der Waals surface area contributed by atoms with Gasteiger partial charge in [0.25, 0.3) is 0 Å². The summed E-state index contributed by atoms with van der Waals surface area (Å²) in [6.07, 6.45) is 2.79. The minimum absolute atomic E-state index is 0.202. The van der Waals surface area contributed by atoms with Gasteiger partial charge in [-0.25, -0.2) is 12.7 Å². The Balaban J connectivity index is 2.06. The minimum Gasteiger partial charge on any atom is -0.328 e. The molecule has 0 aliphatic carbocycles. The SMILES string of the molecule is Cc1ccc(S(=O)(=O)SN2CCCC(N)CC2)cc1. The first-order valence-electron chi connectivity index (χ1n) is 6.49. The van der Waals surface area contributed by atoms with Gasteiger partial charge in [-0.1, -0.05) is 17.7 Å². The third kappa shape index (κ3) is 4.21. The van der Waals surface area contributed by atoms with Crippen LogP contribution in [0.4, 0.5) is 0 Å². The Hall–Kier alpha value is -0.560. The lowest BCUT2D eigenvalue weighted by atomic mass is 10.1. The molecule has 0 aromatic heterocycles. The zero-order chi connectivity index (χ0) is 13.9. The predicted molar refractivity (Wildman–Crippen MR) is 79.4 cm³/mol. The van der Waals surface area contributed by atoms with E-state index in [1.54, 1.807) is 12.1 Å². The second-order valence-corrected chi connectivity index (χ2v) is 8.77. The molecule has 1 unspecified atom stereocenters. The van der Waals surface area contributed by atoms with Crippen molar-refractivity contribution in [1.29, 1.82) is 0 Å². The van der Waals surface area contributed by atoms with Crippen molar-refractivity contribution in [3.05, 3.63) is 29.8 Å². The fourth-order valence-corrected chi connectivity index (χ4v) is 5.15. The van der Waals surface area contributed by atoms with E-state index >= 15 is 0 Å². The molecule has 0 amide bonds. The van der Waals surface area contributed by atoms with Gasteiger partial charge in [0, 0.05) is 19.1 Å². The monoisotopic (exact) mass is 300 g/mol. The maximum absolute atomic E-state index is 12.3. The molecule has 0 saturated carbocycles. The fourth-order valence-electron chi connectivity index (χ4n) is 2.06. The molecule has 1 aliphatic rings. The Kier molecular flexibility index (Phi) is 4.89. The molecule has 6 heteroatoms. The molecule has 0 bridgehead atoms. The molecule has 2 N–H and O–H groups in total. The van der Waals surface area contributed by atoms with Gasteiger partial charge in [-0.3, -0.25) is 0 Å². The van der Waals surface area contributed by atoms with Crippen LogP contribution in [0.1, 0.15) is 24.8 Å². The molecule has 1 heterocycles. The van der Waals surface area contributed by atoms with E-state index in [9.17, 15) is 8.42 Å². The van der Waals surface area contributed by atoms with Crippen LogP contribution in [-0.2, 0) is 8.87 Å². The van der Waals surface area contributed by atoms with E-state index in [4.69, 9.17) is 5.73 Å². The molecule has 2 rings (SSSR count). The van der Waals surface area contributed by atoms with Gasteiger partial charge in [0.2, 0.25) is 8.87 Å². The zero-order valence-corrected chi connectivity index (χ0v) is 12.7. The highest BCUT2D eigenvalue weighted by Crippen LogP contribution is 2.28. The average Bonchev–Trinajstić information content (AvgIpc) is 2.54. The first-order chi connectivity index (χ1) is 8.97. The summed E-state index contributed by atoms with van der Waals surface area (Å²) in [7, 11) is -2.36. The van der Waals surface area contributed by atoms with Crippen molar-refractivity contribution >= 4 is 19.8 Å². The van der Waals surface area contributed by atoms with Gasteiger partial charge in [0.1, 0.15) is 0 Å². The topological polar surface area (TPSA) is 63.4 Å². The Morgan fingerprint density at radius 2 is 1.89 bits per heavy atom. The van der Waals surface area contributed by atoms with Crippen LogP contribution in [0.25, 0.3) is 0 Å². The molecule has 1 atom stereocenters. The van der Waals surface area contributed by atoms with Gasteiger partial charge in [0.05, 0.1) is 15.9 Å². The minimum atomic E-state index is -3.31. The van der Waals surface area contributed by atoms with Gasteiger partial charge >= 0.3 is 0 Å². The summed E-state index contributed by atoms with van der Waals surface area (Å²) in [5.74, 6) is 0. The summed E-state index contributed by atoms with van der Waals surface area (Å²) in [4.78, 5) is 0.372. The second kappa shape index (κ2) is 6.26. The number of nitrogens with two attached hydrogens (primary N) is 1. The molecule has 1 fully saturated rings. The van der Waals surface area contributed by atoms with Gasteiger partial charge in [-0.05, 0) is 38.3 Å². The van der Waals surface area contributed by atoms with Crippen LogP contribution in [0, 0.1) is 6.92 Å². The van der Waals surface area contributed by atoms with E-state index < -0.39 is 8.87 Å². The van der Waals surface area contributed by atoms with E-state index in [-0.39, 0.29) is 6.04 Å². The second-order valence-electron chi connectivity index (χ2n) is 4.96. The number of hydrogen-bond acceptors (Lipinski definition) is 5. The van der Waals surface area contributed by atoms with E-state index in [0.29, 0.717) is 4.90 Å². The molecule has 1 saturated heterocycles. The summed E-state index contributed by atoms with van der Waals surface area (Å²) in [5, 5.41) is 0. The molecule has 1 aliphatic heterocycles. The maximum Gasteiger partial charge on any atom is 0.244 e. The van der Waals surface area contributed by atoms with Crippen LogP contribution in [0.2, 0.25) is 0 Å². The number of benzene rings is 1. The lowest BCUT2D eigenvalue weighted by Crippen LogP contribution is -2.23. The first kappa shape index (κ1) is 14.8. The molecular formula is C13H20N2O2S2. The summed E-state index contributed by atoms with van der Waals surface area (Å²) in [6, 6.07) is 7.19. The van der Waals surface area contributed by atoms with Gasteiger partial charge in [-0.2, -0.15) is 0 Å². The van der Waals surface area contributed by atoms with Crippen molar-refractivity contribution in [2.45, 2.75) is 37.1 Å². The Labute approximate surface area is 118 Å². The predicted octanol–water partition coefficient (Wildman–Crippen LogP) is 2.15. The third-order valence-corrected chi connectivity index (χ3v) is 6.67. The molecule has 0 radical (unpaired) electrons. The fraction of sp³-hybridized carbons (Fsp3) is 0.538. The number of nitrogens with zero attached hydrogens (tertiary/aromatic N) is 1. The van der Waals surface area contributed by atoms with E-state index in [0.717, 1.165) is 48.9 Å². The third-order valence-electron chi connectivity index (χ3n) is 3.24. The van der Waals surface area contributed by atoms with Crippen molar-refractivity contribution < 1.29 is 8.42 Å². The molecule has 0 spiro atoms. The zero-order valence-electron chi connectivity index (χ0n) is 11.1. The Morgan fingerprint density at radius 1 is 1.21 bits per heavy atom. The maximum atomic E-state index is 12.3. The van der Waals surface area contributed by atoms with Crippen molar-refractivity contribution in [1.82, 2.24) is 4.31 Å². The van der Waals surface area contributed by atoms with Gasteiger partial charge in [-0.15, -0.1) is 0 Å². The number of rotatable bonds is 3. The Bertz CT molecular complexity index is 514. The van der Waals surface area contributed by atoms with Crippen LogP contribution in [0.15, 0.2) is 29.2 Å². The summed E-state index contributed by atoms with van der Waals surface area (Å²) < 4.78 is 26.5. The van der Waals surface area contributed by atoms with Crippen LogP contribution >= 0.6 is 11.0 Å². The molecular weight excluding hydrogens is 280 g/mol. The normalized spacial score (nSPS) is 22.1. The van der Waals surface area contributed by atoms with Crippen LogP contribution in [0.5, 0.6) is 0 Å². The smallest absolute Gasteiger partial charge is 0.244 e. The first-order valence-corrected chi connectivity index (χ1v) is 9.26. The van der Waals surface area contributed by atoms with Crippen molar-refractivity contribution in [3.63, 3.8) is 0 Å². The molecule has 1 aromatic carbocycles. The van der Waals surface area contributed by atoms with Crippen LogP contribution in [-0.4, -0.2) is 31.9 Å². The van der Waals surface area contributed by atoms with E-state index in [1.165, 1.54) is 0 Å². The van der Waals surface area contributed by atoms with Gasteiger partial charge < -0.3 is 5.73 Å². The van der Waals surface area contributed by atoms with Gasteiger partial charge in [0.15, 0.2) is 0 Å². The molecule has 19 heavy (non-hydrogen) atoms. The highest BCUT2D eigenvalue weighted by Gasteiger charge is 2.22. The standard InChI is InChI=1S/C13H20N2O2S2/c1-11-4-6-13(7-5-11)19(16,17)18-15-9-2-3-12(14)8-10-15/h4-7,12H,2-3,8-10,14H2,1H3. The Morgan fingerprint density at radius 3 is 2.58 bits per heavy atom. The molecule has 1 aromatic rings. The lowest BCUT2D eigenvalue weighted by molar-refractivity contribution is 0.487. The highest BCUT2D eigenvalue weighted by atomic mass is 33.1. The average molecular weight is 300 g/mol. The summed E-state index contributed by atoms with van der Waals surface area (Å²) in [6.45, 7) is 3.46. The molecule has 4 nitrogen and oxygen atoms in total. The van der Waals surface area contributed by atoms with Crippen molar-refractivity contribution in [3.8, 4) is 0 Å². The van der Waals surface area contributed by atoms with Crippen molar-refractivity contribution in [2.24, 2.45) is 5.73 Å². The van der Waals surface area contributed by atoms with Crippen LogP contribution in [0.3, 0.4) is 0 Å². The van der Waals surface area contributed by atoms with Crippen LogP contribution < -0.4 is 5.73 Å². The lowest BCUT2D eigenvalue weighted by Gasteiger charge is -2.18. The number of hydrogen-bond donors (Lipinski definition) is 1. The largest absolute Gasteiger partial charge is 0.328 e. The summed E-state index contributed by atoms with van der Waals surface area (Å²) >= 11 is 0. The van der Waals surface area contributed by atoms with E-state index in [1.807, 2.05) is 23.4 Å². The van der Waals surface area contributed by atoms with E-state index in [2.05, 4.69) is 0 Å². The quantitative estimate of drug-likeness (QED) is 0.684. The number of aryl methyl sites for hydroxylation is 1. The highest BCUT2D eigenvalue weighted by molar-refractivity contribution is 8.71.